The summed E-state index contributed by atoms with van der Waals surface area (Å²) in [5, 5.41) is 17.1. The second kappa shape index (κ2) is 5.72. The Morgan fingerprint density at radius 2 is 1.07 bits per heavy atom. The summed E-state index contributed by atoms with van der Waals surface area (Å²) in [5.74, 6) is 0. The molecule has 0 radical (unpaired) electrons. The second-order valence-corrected chi connectivity index (χ2v) is 5.32. The summed E-state index contributed by atoms with van der Waals surface area (Å²) in [7, 11) is -9.68. The summed E-state index contributed by atoms with van der Waals surface area (Å²) in [4.78, 5) is 0. The maximum absolute atomic E-state index is 10.1. The van der Waals surface area contributed by atoms with Crippen molar-refractivity contribution < 1.29 is 36.2 Å². The Bertz CT molecular complexity index is 320. The normalized spacial score (nSPS) is 16.9. The Balaban J connectivity index is 0. The van der Waals surface area contributed by atoms with Crippen molar-refractivity contribution in [2.75, 3.05) is 0 Å². The van der Waals surface area contributed by atoms with E-state index in [2.05, 4.69) is 0 Å². The van der Waals surface area contributed by atoms with Crippen LogP contribution in [-0.2, 0) is 20.2 Å². The van der Waals surface area contributed by atoms with Gasteiger partial charge in [0.15, 0.2) is 10.9 Å². The van der Waals surface area contributed by atoms with E-state index in [-0.39, 0.29) is 29.6 Å². The molecule has 0 aromatic carbocycles. The average molecular weight is 260 g/mol. The van der Waals surface area contributed by atoms with Crippen LogP contribution in [0.5, 0.6) is 0 Å². The molecule has 0 aliphatic rings. The Hall–Kier alpha value is 0.740. The molecule has 0 saturated heterocycles. The van der Waals surface area contributed by atoms with Crippen LogP contribution < -0.4 is 0 Å². The fourth-order valence-corrected chi connectivity index (χ4v) is 1.39. The molecular formula is C3H9NaO8S2. The Morgan fingerprint density at radius 3 is 1.21 bits per heavy atom. The van der Waals surface area contributed by atoms with Crippen molar-refractivity contribution in [1.29, 1.82) is 0 Å². The predicted molar refractivity (Wildman–Crippen MR) is 46.9 cm³/mol. The molecule has 4 N–H and O–H groups in total. The molecule has 82 valence electrons. The van der Waals surface area contributed by atoms with Crippen LogP contribution in [0.25, 0.3) is 0 Å². The SMILES string of the molecule is O=S(=O)(O)C(O)CC(O)S(=O)(=O)O.[NaH]. The van der Waals surface area contributed by atoms with Crippen LogP contribution in [0, 0.1) is 0 Å². The summed E-state index contributed by atoms with van der Waals surface area (Å²) < 4.78 is 56.7. The van der Waals surface area contributed by atoms with Crippen molar-refractivity contribution in [3.05, 3.63) is 0 Å². The van der Waals surface area contributed by atoms with Crippen LogP contribution >= 0.6 is 0 Å². The molecule has 0 amide bonds. The van der Waals surface area contributed by atoms with Gasteiger partial charge in [0.25, 0.3) is 20.2 Å². The number of rotatable bonds is 4. The zero-order valence-corrected chi connectivity index (χ0v) is 7.73. The van der Waals surface area contributed by atoms with E-state index in [9.17, 15) is 16.8 Å². The van der Waals surface area contributed by atoms with E-state index in [4.69, 9.17) is 19.3 Å². The van der Waals surface area contributed by atoms with E-state index in [0.717, 1.165) is 0 Å². The first-order valence-corrected chi connectivity index (χ1v) is 5.84. The van der Waals surface area contributed by atoms with Crippen molar-refractivity contribution in [2.45, 2.75) is 17.3 Å². The van der Waals surface area contributed by atoms with Gasteiger partial charge in [-0.15, -0.1) is 0 Å². The van der Waals surface area contributed by atoms with Crippen molar-refractivity contribution in [3.8, 4) is 0 Å². The molecule has 0 bridgehead atoms. The zero-order valence-electron chi connectivity index (χ0n) is 6.10. The molecule has 0 saturated carbocycles. The van der Waals surface area contributed by atoms with Gasteiger partial charge >= 0.3 is 29.6 Å². The average Bonchev–Trinajstić information content (AvgIpc) is 1.82. The summed E-state index contributed by atoms with van der Waals surface area (Å²) in [5.41, 5.74) is -4.91. The van der Waals surface area contributed by atoms with Crippen LogP contribution in [0.15, 0.2) is 0 Å². The van der Waals surface area contributed by atoms with Gasteiger partial charge in [-0.2, -0.15) is 16.8 Å². The monoisotopic (exact) mass is 260 g/mol. The van der Waals surface area contributed by atoms with Gasteiger partial charge in [0.1, 0.15) is 0 Å². The van der Waals surface area contributed by atoms with Crippen LogP contribution in [0.1, 0.15) is 6.42 Å². The van der Waals surface area contributed by atoms with Crippen LogP contribution in [0.4, 0.5) is 0 Å². The molecule has 0 aromatic rings. The van der Waals surface area contributed by atoms with Crippen LogP contribution in [0.3, 0.4) is 0 Å². The summed E-state index contributed by atoms with van der Waals surface area (Å²) in [6.07, 6.45) is -1.22. The number of aliphatic hydroxyl groups excluding tert-OH is 2. The van der Waals surface area contributed by atoms with Gasteiger partial charge < -0.3 is 10.2 Å². The van der Waals surface area contributed by atoms with E-state index in [1.54, 1.807) is 0 Å². The Morgan fingerprint density at radius 1 is 0.857 bits per heavy atom. The molecule has 0 fully saturated rings. The topological polar surface area (TPSA) is 149 Å². The third-order valence-corrected chi connectivity index (χ3v) is 2.85. The van der Waals surface area contributed by atoms with Gasteiger partial charge in [-0.3, -0.25) is 9.11 Å². The van der Waals surface area contributed by atoms with E-state index in [1.807, 2.05) is 0 Å². The van der Waals surface area contributed by atoms with E-state index in [0.29, 0.717) is 0 Å². The first kappa shape index (κ1) is 17.1. The molecule has 8 nitrogen and oxygen atoms in total. The standard InChI is InChI=1S/C3H8O8S2.Na.H/c4-2(12(6,7)8)1-3(5)13(9,10)11;;/h2-5H,1H2,(H,6,7,8)(H,9,10,11);;. The summed E-state index contributed by atoms with van der Waals surface area (Å²) in [6.45, 7) is 0. The zero-order chi connectivity index (χ0) is 10.9. The Kier molecular flexibility index (Phi) is 7.01. The number of hydrogen-bond donors (Lipinski definition) is 4. The molecule has 11 heteroatoms. The van der Waals surface area contributed by atoms with Gasteiger partial charge in [-0.1, -0.05) is 0 Å². The van der Waals surface area contributed by atoms with Crippen molar-refractivity contribution in [3.63, 3.8) is 0 Å². The molecule has 0 aromatic heterocycles. The molecule has 0 rings (SSSR count). The quantitative estimate of drug-likeness (QED) is 0.311. The molecule has 0 aliphatic heterocycles. The number of aliphatic hydroxyl groups is 2. The maximum atomic E-state index is 10.1. The fourth-order valence-electron chi connectivity index (χ4n) is 0.416. The van der Waals surface area contributed by atoms with Gasteiger partial charge in [-0.25, -0.2) is 0 Å². The van der Waals surface area contributed by atoms with Crippen molar-refractivity contribution in [2.24, 2.45) is 0 Å². The molecule has 0 aliphatic carbocycles. The second-order valence-electron chi connectivity index (χ2n) is 2.17. The van der Waals surface area contributed by atoms with Crippen LogP contribution in [-0.4, -0.2) is 76.6 Å². The minimum atomic E-state index is -4.84. The number of hydrogen-bond acceptors (Lipinski definition) is 6. The molecule has 2 unspecified atom stereocenters. The van der Waals surface area contributed by atoms with Gasteiger partial charge in [-0.05, 0) is 0 Å². The van der Waals surface area contributed by atoms with E-state index < -0.39 is 37.5 Å². The van der Waals surface area contributed by atoms with Gasteiger partial charge in [0.05, 0.1) is 0 Å². The fraction of sp³-hybridized carbons (Fsp3) is 1.00. The minimum absolute atomic E-state index is 0. The van der Waals surface area contributed by atoms with E-state index >= 15 is 0 Å². The molecule has 14 heavy (non-hydrogen) atoms. The first-order valence-electron chi connectivity index (χ1n) is 2.84. The predicted octanol–water partition coefficient (Wildman–Crippen LogP) is -2.86. The molecule has 0 heterocycles. The van der Waals surface area contributed by atoms with Crippen molar-refractivity contribution in [1.82, 2.24) is 0 Å². The van der Waals surface area contributed by atoms with Crippen molar-refractivity contribution >= 4 is 49.8 Å². The van der Waals surface area contributed by atoms with Gasteiger partial charge in [0.2, 0.25) is 0 Å². The summed E-state index contributed by atoms with van der Waals surface area (Å²) >= 11 is 0. The van der Waals surface area contributed by atoms with Crippen LogP contribution in [0.2, 0.25) is 0 Å². The summed E-state index contributed by atoms with van der Waals surface area (Å²) in [6, 6.07) is 0. The Labute approximate surface area is 103 Å². The third kappa shape index (κ3) is 6.27. The molecule has 0 spiro atoms. The third-order valence-electron chi connectivity index (χ3n) is 1.09. The molecule has 2 atom stereocenters. The van der Waals surface area contributed by atoms with Gasteiger partial charge in [0, 0.05) is 6.42 Å². The molecular weight excluding hydrogens is 251 g/mol. The first-order chi connectivity index (χ1) is 5.55. The van der Waals surface area contributed by atoms with E-state index in [1.165, 1.54) is 0 Å².